The number of carbonyl (C=O) groups excluding carboxylic acids is 2. The van der Waals surface area contributed by atoms with Gasteiger partial charge >= 0.3 is 6.09 Å². The molecular formula is C26H33N5O3. The summed E-state index contributed by atoms with van der Waals surface area (Å²) in [7, 11) is 3.82. The van der Waals surface area contributed by atoms with Crippen LogP contribution in [0.15, 0.2) is 60.9 Å². The van der Waals surface area contributed by atoms with Crippen LogP contribution in [0, 0.1) is 6.92 Å². The van der Waals surface area contributed by atoms with E-state index in [9.17, 15) is 9.59 Å². The maximum atomic E-state index is 12.9. The fraction of sp³-hybridized carbons (Fsp3) is 0.346. The number of rotatable bonds is 7. The van der Waals surface area contributed by atoms with Crippen molar-refractivity contribution < 1.29 is 14.3 Å². The van der Waals surface area contributed by atoms with E-state index in [2.05, 4.69) is 10.4 Å². The van der Waals surface area contributed by atoms with Crippen LogP contribution in [0.4, 0.5) is 21.9 Å². The molecule has 8 nitrogen and oxygen atoms in total. The van der Waals surface area contributed by atoms with E-state index in [1.807, 2.05) is 77.2 Å². The van der Waals surface area contributed by atoms with Crippen LogP contribution < -0.4 is 15.1 Å². The Morgan fingerprint density at radius 2 is 1.79 bits per heavy atom. The van der Waals surface area contributed by atoms with Gasteiger partial charge in [-0.25, -0.2) is 4.79 Å². The second kappa shape index (κ2) is 10.4. The highest BCUT2D eigenvalue weighted by Crippen LogP contribution is 2.24. The molecule has 0 bridgehead atoms. The van der Waals surface area contributed by atoms with E-state index in [0.717, 1.165) is 11.3 Å². The third-order valence-corrected chi connectivity index (χ3v) is 5.04. The first-order valence-corrected chi connectivity index (χ1v) is 11.2. The molecule has 0 aliphatic carbocycles. The van der Waals surface area contributed by atoms with Crippen molar-refractivity contribution in [3.63, 3.8) is 0 Å². The molecule has 8 heteroatoms. The molecule has 3 rings (SSSR count). The van der Waals surface area contributed by atoms with Crippen LogP contribution in [0.5, 0.6) is 0 Å². The topological polar surface area (TPSA) is 79.7 Å². The van der Waals surface area contributed by atoms with Gasteiger partial charge in [0.1, 0.15) is 5.60 Å². The van der Waals surface area contributed by atoms with E-state index >= 15 is 0 Å². The Kier molecular flexibility index (Phi) is 7.61. The van der Waals surface area contributed by atoms with Crippen molar-refractivity contribution in [3.05, 3.63) is 72.1 Å². The highest BCUT2D eigenvalue weighted by atomic mass is 16.6. The van der Waals surface area contributed by atoms with Crippen LogP contribution in [0.1, 0.15) is 36.7 Å². The molecular weight excluding hydrogens is 430 g/mol. The van der Waals surface area contributed by atoms with Crippen LogP contribution in [0.2, 0.25) is 0 Å². The van der Waals surface area contributed by atoms with Gasteiger partial charge in [-0.3, -0.25) is 14.4 Å². The number of anilines is 3. The van der Waals surface area contributed by atoms with Crippen LogP contribution in [0.25, 0.3) is 0 Å². The standard InChI is InChI=1S/C26H33N5O3/c1-19-8-13-22(23(18-19)29(5)6)24(32)28-20-9-11-21(12-10-20)31(25(33)34-26(2,3)4)17-16-30-15-7-14-27-30/h7-15,18H,16-17H2,1-6H3,(H,28,32). The molecule has 0 saturated heterocycles. The van der Waals surface area contributed by atoms with Gasteiger partial charge in [0.2, 0.25) is 0 Å². The van der Waals surface area contributed by atoms with Crippen LogP contribution >= 0.6 is 0 Å². The average molecular weight is 464 g/mol. The smallest absolute Gasteiger partial charge is 0.414 e. The number of amides is 2. The first-order valence-electron chi connectivity index (χ1n) is 11.2. The third-order valence-electron chi connectivity index (χ3n) is 5.04. The van der Waals surface area contributed by atoms with Crippen LogP contribution in [0.3, 0.4) is 0 Å². The summed E-state index contributed by atoms with van der Waals surface area (Å²) in [6.45, 7) is 8.41. The molecule has 1 aromatic heterocycles. The van der Waals surface area contributed by atoms with Crippen molar-refractivity contribution in [3.8, 4) is 0 Å². The Labute approximate surface area is 201 Å². The molecule has 0 spiro atoms. The third kappa shape index (κ3) is 6.60. The van der Waals surface area contributed by atoms with E-state index < -0.39 is 11.7 Å². The fourth-order valence-electron chi connectivity index (χ4n) is 3.40. The predicted octanol–water partition coefficient (Wildman–Crippen LogP) is 4.95. The highest BCUT2D eigenvalue weighted by Gasteiger charge is 2.23. The minimum absolute atomic E-state index is 0.195. The van der Waals surface area contributed by atoms with E-state index in [4.69, 9.17) is 4.74 Å². The molecule has 34 heavy (non-hydrogen) atoms. The van der Waals surface area contributed by atoms with Gasteiger partial charge < -0.3 is 15.0 Å². The summed E-state index contributed by atoms with van der Waals surface area (Å²) in [5.41, 5.74) is 3.21. The van der Waals surface area contributed by atoms with Crippen molar-refractivity contribution in [1.82, 2.24) is 9.78 Å². The van der Waals surface area contributed by atoms with E-state index in [1.54, 1.807) is 40.0 Å². The normalized spacial score (nSPS) is 11.1. The number of hydrogen-bond acceptors (Lipinski definition) is 5. The Bertz CT molecular complexity index is 1120. The summed E-state index contributed by atoms with van der Waals surface area (Å²) in [5, 5.41) is 7.15. The van der Waals surface area contributed by atoms with Gasteiger partial charge in [-0.05, 0) is 75.7 Å². The van der Waals surface area contributed by atoms with Gasteiger partial charge in [-0.15, -0.1) is 0 Å². The zero-order valence-corrected chi connectivity index (χ0v) is 20.7. The zero-order valence-electron chi connectivity index (χ0n) is 20.7. The van der Waals surface area contributed by atoms with E-state index in [1.165, 1.54) is 0 Å². The number of hydrogen-bond donors (Lipinski definition) is 1. The number of nitrogens with zero attached hydrogens (tertiary/aromatic N) is 4. The van der Waals surface area contributed by atoms with Gasteiger partial charge in [-0.1, -0.05) is 6.07 Å². The second-order valence-electron chi connectivity index (χ2n) is 9.32. The number of nitrogens with one attached hydrogen (secondary N) is 1. The lowest BCUT2D eigenvalue weighted by Gasteiger charge is -2.27. The summed E-state index contributed by atoms with van der Waals surface area (Å²) >= 11 is 0. The van der Waals surface area contributed by atoms with Gasteiger partial charge in [0.25, 0.3) is 5.91 Å². The Balaban J connectivity index is 1.77. The van der Waals surface area contributed by atoms with Gasteiger partial charge in [0.05, 0.1) is 12.1 Å². The quantitative estimate of drug-likeness (QED) is 0.536. The van der Waals surface area contributed by atoms with Gasteiger partial charge in [0, 0.05) is 50.1 Å². The molecule has 0 fully saturated rings. The van der Waals surface area contributed by atoms with Crippen molar-refractivity contribution in [2.24, 2.45) is 0 Å². The number of carbonyl (C=O) groups is 2. The summed E-state index contributed by atoms with van der Waals surface area (Å²) in [5.74, 6) is -0.195. The maximum absolute atomic E-state index is 12.9. The summed E-state index contributed by atoms with van der Waals surface area (Å²) < 4.78 is 7.36. The first-order chi connectivity index (χ1) is 16.0. The average Bonchev–Trinajstić information content (AvgIpc) is 3.27. The molecule has 0 saturated carbocycles. The molecule has 3 aromatic rings. The minimum atomic E-state index is -0.618. The number of aromatic nitrogens is 2. The predicted molar refractivity (Wildman–Crippen MR) is 136 cm³/mol. The molecule has 1 heterocycles. The van der Waals surface area contributed by atoms with Crippen LogP contribution in [-0.4, -0.2) is 48.0 Å². The molecule has 0 atom stereocenters. The molecule has 0 aliphatic heterocycles. The first kappa shape index (κ1) is 24.8. The Morgan fingerprint density at radius 3 is 2.38 bits per heavy atom. The summed E-state index contributed by atoms with van der Waals surface area (Å²) in [6.07, 6.45) is 3.11. The molecule has 2 aromatic carbocycles. The summed E-state index contributed by atoms with van der Waals surface area (Å²) in [4.78, 5) is 29.3. The molecule has 180 valence electrons. The van der Waals surface area contributed by atoms with E-state index in [-0.39, 0.29) is 5.91 Å². The van der Waals surface area contributed by atoms with Gasteiger partial charge in [-0.2, -0.15) is 5.10 Å². The fourth-order valence-corrected chi connectivity index (χ4v) is 3.40. The molecule has 0 unspecified atom stereocenters. The monoisotopic (exact) mass is 463 g/mol. The molecule has 1 N–H and O–H groups in total. The number of ether oxygens (including phenoxy) is 1. The Morgan fingerprint density at radius 1 is 1.09 bits per heavy atom. The lowest BCUT2D eigenvalue weighted by atomic mass is 10.1. The molecule has 0 radical (unpaired) electrons. The zero-order chi connectivity index (χ0) is 24.9. The number of aryl methyl sites for hydroxylation is 1. The Hall–Kier alpha value is -3.81. The van der Waals surface area contributed by atoms with E-state index in [0.29, 0.717) is 30.0 Å². The van der Waals surface area contributed by atoms with Crippen molar-refractivity contribution in [2.45, 2.75) is 39.8 Å². The lowest BCUT2D eigenvalue weighted by molar-refractivity contribution is 0.0578. The maximum Gasteiger partial charge on any atom is 0.414 e. The van der Waals surface area contributed by atoms with Crippen molar-refractivity contribution in [2.75, 3.05) is 35.8 Å². The lowest BCUT2D eigenvalue weighted by Crippen LogP contribution is -2.38. The molecule has 2 amide bonds. The van der Waals surface area contributed by atoms with Gasteiger partial charge in [0.15, 0.2) is 0 Å². The number of benzene rings is 2. The SMILES string of the molecule is Cc1ccc(C(=O)Nc2ccc(N(CCn3cccn3)C(=O)OC(C)(C)C)cc2)c(N(C)C)c1. The second-order valence-corrected chi connectivity index (χ2v) is 9.32. The molecule has 0 aliphatic rings. The highest BCUT2D eigenvalue weighted by molar-refractivity contribution is 6.08. The largest absolute Gasteiger partial charge is 0.443 e. The minimum Gasteiger partial charge on any atom is -0.443 e. The van der Waals surface area contributed by atoms with Crippen molar-refractivity contribution >= 4 is 29.1 Å². The van der Waals surface area contributed by atoms with Crippen molar-refractivity contribution in [1.29, 1.82) is 0 Å². The van der Waals surface area contributed by atoms with Crippen LogP contribution in [-0.2, 0) is 11.3 Å². The summed E-state index contributed by atoms with van der Waals surface area (Å²) in [6, 6.07) is 14.7.